The summed E-state index contributed by atoms with van der Waals surface area (Å²) in [5.74, 6) is 3.61. The van der Waals surface area contributed by atoms with Crippen LogP contribution in [0.25, 0.3) is 0 Å². The third-order valence-electron chi connectivity index (χ3n) is 6.14. The molecule has 0 amide bonds. The minimum absolute atomic E-state index is 0.263. The van der Waals surface area contributed by atoms with Gasteiger partial charge in [-0.05, 0) is 73.5 Å². The van der Waals surface area contributed by atoms with Gasteiger partial charge in [-0.3, -0.25) is 0 Å². The van der Waals surface area contributed by atoms with Gasteiger partial charge in [-0.2, -0.15) is 0 Å². The van der Waals surface area contributed by atoms with Crippen LogP contribution >= 0.6 is 0 Å². The van der Waals surface area contributed by atoms with Crippen molar-refractivity contribution in [3.63, 3.8) is 0 Å². The average molecular weight is 299 g/mol. The van der Waals surface area contributed by atoms with Gasteiger partial charge < -0.3 is 10.1 Å². The summed E-state index contributed by atoms with van der Waals surface area (Å²) in [6.07, 6.45) is 7.31. The lowest BCUT2D eigenvalue weighted by atomic mass is 9.54. The summed E-state index contributed by atoms with van der Waals surface area (Å²) < 4.78 is 4.74. The molecule has 0 spiro atoms. The van der Waals surface area contributed by atoms with E-state index < -0.39 is 0 Å². The first kappa shape index (κ1) is 14.3. The number of carbonyl (C=O) groups is 1. The monoisotopic (exact) mass is 299 g/mol. The molecule has 0 heterocycles. The van der Waals surface area contributed by atoms with Crippen molar-refractivity contribution < 1.29 is 9.53 Å². The normalized spacial score (nSPS) is 35.6. The summed E-state index contributed by atoms with van der Waals surface area (Å²) >= 11 is 0. The molecule has 22 heavy (non-hydrogen) atoms. The van der Waals surface area contributed by atoms with Gasteiger partial charge in [0.1, 0.15) is 0 Å². The molecule has 0 aromatic heterocycles. The number of rotatable bonds is 4. The number of nitrogens with one attached hydrogen (secondary N) is 1. The summed E-state index contributed by atoms with van der Waals surface area (Å²) in [5.41, 5.74) is 1.88. The Morgan fingerprint density at radius 1 is 1.05 bits per heavy atom. The van der Waals surface area contributed by atoms with E-state index in [0.717, 1.165) is 30.2 Å². The van der Waals surface area contributed by atoms with Crippen molar-refractivity contribution in [2.24, 2.45) is 23.7 Å². The molecule has 4 bridgehead atoms. The topological polar surface area (TPSA) is 38.3 Å². The Labute approximate surface area is 132 Å². The van der Waals surface area contributed by atoms with Gasteiger partial charge in [0.15, 0.2) is 0 Å². The third-order valence-corrected chi connectivity index (χ3v) is 6.14. The van der Waals surface area contributed by atoms with E-state index in [1.165, 1.54) is 44.8 Å². The van der Waals surface area contributed by atoms with E-state index in [4.69, 9.17) is 4.74 Å². The first-order valence-corrected chi connectivity index (χ1v) is 8.63. The lowest BCUT2D eigenvalue weighted by molar-refractivity contribution is -0.0142. The fraction of sp³-hybridized carbons (Fsp3) is 0.632. The third kappa shape index (κ3) is 2.56. The molecule has 1 aromatic carbocycles. The van der Waals surface area contributed by atoms with E-state index in [9.17, 15) is 4.79 Å². The highest BCUT2D eigenvalue weighted by Crippen LogP contribution is 2.53. The molecule has 118 valence electrons. The maximum atomic E-state index is 11.5. The molecule has 4 aliphatic rings. The second kappa shape index (κ2) is 5.69. The molecule has 4 fully saturated rings. The Hall–Kier alpha value is -1.35. The Morgan fingerprint density at radius 3 is 2.18 bits per heavy atom. The standard InChI is InChI=1S/C19H25NO2/c1-22-19(21)15-4-2-12(3-5-15)11-20-18-16-7-13-6-14(9-16)10-17(18)8-13/h2-5,13-14,16-18,20H,6-11H2,1H3. The predicted molar refractivity (Wildman–Crippen MR) is 85.5 cm³/mol. The fourth-order valence-electron chi connectivity index (χ4n) is 5.37. The molecule has 0 unspecified atom stereocenters. The van der Waals surface area contributed by atoms with Crippen LogP contribution in [0, 0.1) is 23.7 Å². The second-order valence-electron chi connectivity index (χ2n) is 7.53. The maximum absolute atomic E-state index is 11.5. The minimum atomic E-state index is -0.263. The van der Waals surface area contributed by atoms with Crippen molar-refractivity contribution in [3.05, 3.63) is 35.4 Å². The van der Waals surface area contributed by atoms with Crippen molar-refractivity contribution in [2.75, 3.05) is 7.11 Å². The molecule has 5 rings (SSSR count). The van der Waals surface area contributed by atoms with Crippen molar-refractivity contribution in [1.82, 2.24) is 5.32 Å². The van der Waals surface area contributed by atoms with Crippen LogP contribution in [0.15, 0.2) is 24.3 Å². The highest BCUT2D eigenvalue weighted by Gasteiger charge is 2.47. The van der Waals surface area contributed by atoms with E-state index in [0.29, 0.717) is 11.6 Å². The molecule has 1 aromatic rings. The summed E-state index contributed by atoms with van der Waals surface area (Å²) in [6.45, 7) is 0.911. The molecule has 4 aliphatic carbocycles. The molecule has 3 heteroatoms. The minimum Gasteiger partial charge on any atom is -0.465 e. The molecule has 1 N–H and O–H groups in total. The average Bonchev–Trinajstić information content (AvgIpc) is 2.53. The van der Waals surface area contributed by atoms with E-state index in [1.54, 1.807) is 0 Å². The number of benzene rings is 1. The van der Waals surface area contributed by atoms with Crippen LogP contribution in [-0.4, -0.2) is 19.1 Å². The second-order valence-corrected chi connectivity index (χ2v) is 7.53. The summed E-state index contributed by atoms with van der Waals surface area (Å²) in [5, 5.41) is 3.83. The van der Waals surface area contributed by atoms with Crippen molar-refractivity contribution >= 4 is 5.97 Å². The van der Waals surface area contributed by atoms with Gasteiger partial charge in [-0.1, -0.05) is 12.1 Å². The number of methoxy groups -OCH3 is 1. The number of ether oxygens (including phenoxy) is 1. The van der Waals surface area contributed by atoms with Gasteiger partial charge in [-0.15, -0.1) is 0 Å². The Morgan fingerprint density at radius 2 is 1.64 bits per heavy atom. The molecule has 0 atom stereocenters. The molecular formula is C19H25NO2. The van der Waals surface area contributed by atoms with Gasteiger partial charge in [0, 0.05) is 12.6 Å². The first-order chi connectivity index (χ1) is 10.7. The summed E-state index contributed by atoms with van der Waals surface area (Å²) in [7, 11) is 1.42. The van der Waals surface area contributed by atoms with Gasteiger partial charge in [0.2, 0.25) is 0 Å². The van der Waals surface area contributed by atoms with Crippen LogP contribution in [0.3, 0.4) is 0 Å². The SMILES string of the molecule is COC(=O)c1ccc(CNC2C3CC4CC(C3)CC2C4)cc1. The smallest absolute Gasteiger partial charge is 0.337 e. The van der Waals surface area contributed by atoms with Crippen molar-refractivity contribution in [3.8, 4) is 0 Å². The number of hydrogen-bond donors (Lipinski definition) is 1. The zero-order valence-corrected chi connectivity index (χ0v) is 13.3. The highest BCUT2D eigenvalue weighted by atomic mass is 16.5. The van der Waals surface area contributed by atoms with Gasteiger partial charge >= 0.3 is 5.97 Å². The van der Waals surface area contributed by atoms with Crippen LogP contribution in [0.5, 0.6) is 0 Å². The molecular weight excluding hydrogens is 274 g/mol. The van der Waals surface area contributed by atoms with Crippen LogP contribution in [-0.2, 0) is 11.3 Å². The Balaban J connectivity index is 1.37. The molecule has 0 aliphatic heterocycles. The highest BCUT2D eigenvalue weighted by molar-refractivity contribution is 5.89. The Kier molecular flexibility index (Phi) is 3.69. The Bertz CT molecular complexity index is 523. The first-order valence-electron chi connectivity index (χ1n) is 8.63. The molecule has 4 saturated carbocycles. The van der Waals surface area contributed by atoms with E-state index in [2.05, 4.69) is 5.32 Å². The number of carbonyl (C=O) groups excluding carboxylic acids is 1. The zero-order chi connectivity index (χ0) is 15.1. The number of esters is 1. The molecule has 3 nitrogen and oxygen atoms in total. The van der Waals surface area contributed by atoms with Gasteiger partial charge in [0.25, 0.3) is 0 Å². The van der Waals surface area contributed by atoms with Gasteiger partial charge in [0.05, 0.1) is 12.7 Å². The predicted octanol–water partition coefficient (Wildman–Crippen LogP) is 3.39. The summed E-state index contributed by atoms with van der Waals surface area (Å²) in [4.78, 5) is 11.5. The fourth-order valence-corrected chi connectivity index (χ4v) is 5.37. The maximum Gasteiger partial charge on any atom is 0.337 e. The van der Waals surface area contributed by atoms with Crippen LogP contribution in [0.1, 0.15) is 48.0 Å². The van der Waals surface area contributed by atoms with Crippen LogP contribution in [0.2, 0.25) is 0 Å². The van der Waals surface area contributed by atoms with E-state index in [-0.39, 0.29) is 5.97 Å². The van der Waals surface area contributed by atoms with E-state index >= 15 is 0 Å². The molecule has 0 saturated heterocycles. The lowest BCUT2D eigenvalue weighted by Gasteiger charge is -2.54. The van der Waals surface area contributed by atoms with Gasteiger partial charge in [-0.25, -0.2) is 4.79 Å². The van der Waals surface area contributed by atoms with Crippen molar-refractivity contribution in [2.45, 2.75) is 44.7 Å². The summed E-state index contributed by atoms with van der Waals surface area (Å²) in [6, 6.07) is 8.51. The quantitative estimate of drug-likeness (QED) is 0.866. The molecule has 0 radical (unpaired) electrons. The lowest BCUT2D eigenvalue weighted by Crippen LogP contribution is -2.54. The van der Waals surface area contributed by atoms with E-state index in [1.807, 2.05) is 24.3 Å². The zero-order valence-electron chi connectivity index (χ0n) is 13.3. The van der Waals surface area contributed by atoms with Crippen LogP contribution in [0.4, 0.5) is 0 Å². The van der Waals surface area contributed by atoms with Crippen LogP contribution < -0.4 is 5.32 Å². The largest absolute Gasteiger partial charge is 0.465 e. The number of hydrogen-bond acceptors (Lipinski definition) is 3. The van der Waals surface area contributed by atoms with Crippen molar-refractivity contribution in [1.29, 1.82) is 0 Å².